The standard InChI is InChI=1S/B32HIN/c1-17-25(16)29(24(14)15)31(28(22(10)11)23(12)13)32(34-33)30(26(18(2)3)19(4)5)27(20(6)7)21(8)9/h34H/q-1/i/hT. The predicted molar refractivity (Wildman–Crippen MR) is 201 cm³/mol. The van der Waals surface area contributed by atoms with Gasteiger partial charge >= 0.3 is 0 Å². The molecule has 34 radical (unpaired) electrons. The minimum Gasteiger partial charge on any atom is -0.690 e. The summed E-state index contributed by atoms with van der Waals surface area (Å²) in [5.74, 6) is 0. The van der Waals surface area contributed by atoms with Crippen molar-refractivity contribution in [3.8, 4) is 0 Å². The average Bonchev–Trinajstić information content (AvgIpc) is 2.65. The van der Waals surface area contributed by atoms with Gasteiger partial charge in [-0.25, -0.2) is 0 Å². The minimum absolute atomic E-state index is 0.878. The van der Waals surface area contributed by atoms with Crippen LogP contribution >= 0.6 is 22.9 Å². The molecule has 1 nitrogen and oxygen atoms in total. The Morgan fingerprint density at radius 2 is 0.735 bits per heavy atom. The quantitative estimate of drug-likeness (QED) is 0.129. The van der Waals surface area contributed by atoms with Gasteiger partial charge in [0.15, 0.2) is 0 Å². The normalized spacial score (nSPS) is 10.1. The van der Waals surface area contributed by atoms with Crippen molar-refractivity contribution in [2.45, 2.75) is 0 Å². The molecule has 34 heavy (non-hydrogen) atoms. The molecule has 0 aromatic heterocycles. The Labute approximate surface area is 252 Å². The molecule has 0 amide bonds. The van der Waals surface area contributed by atoms with Crippen LogP contribution in [0.5, 0.6) is 0 Å². The van der Waals surface area contributed by atoms with Gasteiger partial charge in [-0.1, -0.05) is 0 Å². The van der Waals surface area contributed by atoms with Gasteiger partial charge in [0.25, 0.3) is 0 Å². The van der Waals surface area contributed by atoms with Crippen LogP contribution in [0.15, 0.2) is 0 Å². The largest absolute Gasteiger partial charge is 0.690 e. The second-order valence-electron chi connectivity index (χ2n) is 8.86. The Morgan fingerprint density at radius 3 is 0.912 bits per heavy atom. The lowest BCUT2D eigenvalue weighted by Crippen LogP contribution is -2.89. The first-order valence-electron chi connectivity index (χ1n) is 11.2. The summed E-state index contributed by atoms with van der Waals surface area (Å²) in [7, 11) is 98.9. The molecule has 0 heterocycles. The number of halogens is 1. The maximum atomic E-state index is 8.72. The van der Waals surface area contributed by atoms with Crippen LogP contribution in [-0.2, 0) is 0 Å². The van der Waals surface area contributed by atoms with E-state index in [9.17, 15) is 0 Å². The monoisotopic (exact) mass is 496 g/mol. The summed E-state index contributed by atoms with van der Waals surface area (Å²) in [4.78, 5) is 0. The maximum Gasteiger partial charge on any atom is 0.129 e. The fourth-order valence-electron chi connectivity index (χ4n) is 5.02. The molecule has 0 aromatic carbocycles. The molecule has 0 aliphatic carbocycles. The van der Waals surface area contributed by atoms with E-state index in [0.717, 1.165) is 3.43 Å². The minimum atomic E-state index is -1.12. The second-order valence-corrected chi connectivity index (χ2v) is 9.42. The number of rotatable bonds is 16. The van der Waals surface area contributed by atoms with Crippen molar-refractivity contribution >= 4 is 250 Å². The maximum absolute atomic E-state index is 8.72. The van der Waals surface area contributed by atoms with Crippen LogP contribution in [0.4, 0.5) is 0 Å². The zero-order chi connectivity index (χ0) is 27.9. The predicted octanol–water partition coefficient (Wildman–Crippen LogP) is -11.8. The van der Waals surface area contributed by atoms with Gasteiger partial charge in [-0.05, 0) is 42.4 Å². The zero-order valence-electron chi connectivity index (χ0n) is 20.3. The average molecular weight is 490 g/mol. The highest BCUT2D eigenvalue weighted by atomic mass is 127. The first-order valence-corrected chi connectivity index (χ1v) is 11.7. The van der Waals surface area contributed by atoms with E-state index >= 15 is 0 Å². The van der Waals surface area contributed by atoms with Crippen molar-refractivity contribution in [2.75, 3.05) is 0 Å². The lowest BCUT2D eigenvalue weighted by molar-refractivity contribution is 1.79. The van der Waals surface area contributed by atoms with Crippen LogP contribution < -0.4 is 3.43 Å². The van der Waals surface area contributed by atoms with Crippen LogP contribution in [0.3, 0.4) is 0 Å². The molecular formula is HB32IN-. The molecule has 0 aliphatic rings. The van der Waals surface area contributed by atoms with Gasteiger partial charge < -0.3 is 11.2 Å². The zero-order valence-corrected chi connectivity index (χ0v) is 21.5. The molecule has 0 aromatic rings. The van der Waals surface area contributed by atoms with E-state index in [-0.39, 0.29) is 0 Å². The summed E-state index contributed by atoms with van der Waals surface area (Å²) in [6, 6.07) is 0. The van der Waals surface area contributed by atoms with Crippen LogP contribution in [0, 0.1) is 0 Å². The van der Waals surface area contributed by atoms with Gasteiger partial charge in [-0.2, -0.15) is 0 Å². The SMILES string of the molecule is [3H]N(I)B(B(B(B([B])[B])B([B])[B])B(B([B])[B])B([B])[B])B(B(B([B])[B])B([B])[B])B(B([B])[B])B([B])[B][B-]. The highest BCUT2D eigenvalue weighted by Crippen LogP contribution is 2.14. The number of hydrogen-bond donors (Lipinski definition) is 1. The highest BCUT2D eigenvalue weighted by Gasteiger charge is 2.54. The molecule has 34 heteroatoms. The van der Waals surface area contributed by atoms with Gasteiger partial charge in [0.1, 0.15) is 8.04 Å². The van der Waals surface area contributed by atoms with Crippen molar-refractivity contribution in [1.29, 1.82) is 0 Å². The molecule has 0 fully saturated rings. The summed E-state index contributed by atoms with van der Waals surface area (Å²) in [5.41, 5.74) is 0. The van der Waals surface area contributed by atoms with E-state index in [4.69, 9.17) is 125 Å². The van der Waals surface area contributed by atoms with Crippen molar-refractivity contribution in [1.82, 2.24) is 3.43 Å². The fourth-order valence-corrected chi connectivity index (χ4v) is 5.76. The summed E-state index contributed by atoms with van der Waals surface area (Å²) in [6.45, 7) is -1.03. The van der Waals surface area contributed by atoms with E-state index in [1.54, 1.807) is 22.9 Å². The van der Waals surface area contributed by atoms with Crippen molar-refractivity contribution in [2.24, 2.45) is 0 Å². The topological polar surface area (TPSA) is 12.0 Å². The Balaban J connectivity index is 7.56. The summed E-state index contributed by atoms with van der Waals surface area (Å²) in [5, 5.41) is 0. The van der Waals surface area contributed by atoms with Crippen molar-refractivity contribution in [3.63, 3.8) is 0 Å². The third-order valence-corrected chi connectivity index (χ3v) is 7.10. The first kappa shape index (κ1) is 34.8. The van der Waals surface area contributed by atoms with Gasteiger partial charge in [-0.15, -0.1) is 0 Å². The molecule has 0 spiro atoms. The molecular weight excluding hydrogens is 487 g/mol. The molecule has 0 unspecified atom stereocenters. The van der Waals surface area contributed by atoms with Gasteiger partial charge in [0, 0.05) is 186 Å². The molecule has 0 saturated heterocycles. The molecule has 0 saturated carbocycles. The van der Waals surface area contributed by atoms with E-state index in [0.29, 0.717) is 0 Å². The summed E-state index contributed by atoms with van der Waals surface area (Å²) >= 11 is 1.71. The van der Waals surface area contributed by atoms with E-state index in [2.05, 4.69) is 0 Å². The fraction of sp³-hybridized carbons (Fsp3) is 0. The summed E-state index contributed by atoms with van der Waals surface area (Å²) < 4.78 is 9.76. The molecule has 0 aliphatic heterocycles. The Kier molecular flexibility index (Phi) is 17.9. The lowest BCUT2D eigenvalue weighted by Gasteiger charge is -2.49. The Hall–Kier alpha value is 2.77. The van der Waals surface area contributed by atoms with E-state index in [1.165, 1.54) is 7.06 Å². The molecule has 0 bridgehead atoms. The Bertz CT molecular complexity index is 510. The van der Waals surface area contributed by atoms with Crippen LogP contribution in [0.25, 0.3) is 0 Å². The first-order chi connectivity index (χ1) is 15.9. The third-order valence-electron chi connectivity index (χ3n) is 6.46. The molecule has 1 N–H and O–H groups in total. The lowest BCUT2D eigenvalue weighted by atomic mass is 8.35. The molecule has 0 rings (SSSR count). The van der Waals surface area contributed by atoms with Crippen molar-refractivity contribution in [3.05, 3.63) is 0 Å². The van der Waals surface area contributed by atoms with Gasteiger partial charge in [-0.3, -0.25) is 7.06 Å². The smallest absolute Gasteiger partial charge is 0.129 e. The third kappa shape index (κ3) is 10.1. The van der Waals surface area contributed by atoms with Crippen LogP contribution in [0.1, 0.15) is 0 Å². The number of hydrogen-bond acceptors (Lipinski definition) is 1. The highest BCUT2D eigenvalue weighted by molar-refractivity contribution is 14.1. The summed E-state index contributed by atoms with van der Waals surface area (Å²) in [6.07, 6.45) is -14.2. The Morgan fingerprint density at radius 1 is 0.500 bits per heavy atom. The van der Waals surface area contributed by atoms with Crippen LogP contribution in [0.2, 0.25) is 1.41 Å². The van der Waals surface area contributed by atoms with E-state index < -0.39 is 96.0 Å². The molecule has 0 atom stereocenters. The number of nitrogens with one attached hydrogen (secondary N) is 1. The molecule has 110 valence electrons. The van der Waals surface area contributed by atoms with Gasteiger partial charge in [0.05, 0.1) is 0 Å². The van der Waals surface area contributed by atoms with Crippen LogP contribution in [-0.4, -0.2) is 227 Å². The van der Waals surface area contributed by atoms with E-state index in [1.807, 2.05) is 0 Å². The second kappa shape index (κ2) is 17.5. The van der Waals surface area contributed by atoms with Crippen molar-refractivity contribution < 1.29 is 1.41 Å². The van der Waals surface area contributed by atoms with Gasteiger partial charge in [0.2, 0.25) is 0 Å².